The van der Waals surface area contributed by atoms with Crippen LogP contribution in [-0.2, 0) is 4.79 Å². The lowest BCUT2D eigenvalue weighted by molar-refractivity contribution is -0.121. The summed E-state index contributed by atoms with van der Waals surface area (Å²) in [6.07, 6.45) is 3.90. The predicted octanol–water partition coefficient (Wildman–Crippen LogP) is 0.182. The van der Waals surface area contributed by atoms with E-state index in [2.05, 4.69) is 10.2 Å². The van der Waals surface area contributed by atoms with E-state index in [0.29, 0.717) is 12.3 Å². The molecule has 0 spiro atoms. The molecular weight excluding hydrogens is 190 g/mol. The number of nitrogens with zero attached hydrogens (tertiary/aromatic N) is 1. The van der Waals surface area contributed by atoms with Gasteiger partial charge in [-0.3, -0.25) is 4.79 Å². The Morgan fingerprint density at radius 3 is 2.73 bits per heavy atom. The summed E-state index contributed by atoms with van der Waals surface area (Å²) >= 11 is 0. The van der Waals surface area contributed by atoms with Crippen LogP contribution in [0.5, 0.6) is 0 Å². The summed E-state index contributed by atoms with van der Waals surface area (Å²) in [5.74, 6) is 0.714. The molecule has 0 bridgehead atoms. The standard InChI is InChI=1S/C11H23N3O/c1-14(2)7-3-6-13-11(15)8-10(12)9-4-5-9/h9-10H,3-8,12H2,1-2H3,(H,13,15). The van der Waals surface area contributed by atoms with Crippen LogP contribution in [0.15, 0.2) is 0 Å². The molecule has 0 aliphatic heterocycles. The van der Waals surface area contributed by atoms with Crippen LogP contribution >= 0.6 is 0 Å². The number of carbonyl (C=O) groups excluding carboxylic acids is 1. The lowest BCUT2D eigenvalue weighted by Gasteiger charge is -2.12. The Labute approximate surface area is 92.2 Å². The van der Waals surface area contributed by atoms with Gasteiger partial charge < -0.3 is 16.0 Å². The number of carbonyl (C=O) groups is 1. The van der Waals surface area contributed by atoms with Gasteiger partial charge in [-0.15, -0.1) is 0 Å². The van der Waals surface area contributed by atoms with Gasteiger partial charge in [0.25, 0.3) is 0 Å². The zero-order valence-corrected chi connectivity index (χ0v) is 9.83. The van der Waals surface area contributed by atoms with Crippen LogP contribution in [0, 0.1) is 5.92 Å². The number of rotatable bonds is 7. The van der Waals surface area contributed by atoms with Gasteiger partial charge in [0.1, 0.15) is 0 Å². The number of nitrogens with one attached hydrogen (secondary N) is 1. The second-order valence-electron chi connectivity index (χ2n) is 4.71. The normalized spacial score (nSPS) is 17.9. The van der Waals surface area contributed by atoms with Crippen molar-refractivity contribution in [3.8, 4) is 0 Å². The van der Waals surface area contributed by atoms with E-state index in [0.717, 1.165) is 19.5 Å². The molecule has 1 aliphatic rings. The Hall–Kier alpha value is -0.610. The Kier molecular flexibility index (Phi) is 5.05. The maximum Gasteiger partial charge on any atom is 0.221 e. The summed E-state index contributed by atoms with van der Waals surface area (Å²) in [4.78, 5) is 13.5. The van der Waals surface area contributed by atoms with Crippen LogP contribution in [0.3, 0.4) is 0 Å². The fourth-order valence-corrected chi connectivity index (χ4v) is 1.60. The zero-order chi connectivity index (χ0) is 11.3. The van der Waals surface area contributed by atoms with E-state index in [1.165, 1.54) is 12.8 Å². The first-order valence-corrected chi connectivity index (χ1v) is 5.76. The summed E-state index contributed by atoms with van der Waals surface area (Å²) in [7, 11) is 4.07. The van der Waals surface area contributed by atoms with E-state index < -0.39 is 0 Å². The molecule has 1 amide bonds. The molecule has 1 rings (SSSR count). The lowest BCUT2D eigenvalue weighted by atomic mass is 10.1. The van der Waals surface area contributed by atoms with Gasteiger partial charge in [-0.05, 0) is 45.8 Å². The molecule has 1 fully saturated rings. The molecule has 0 radical (unpaired) electrons. The van der Waals surface area contributed by atoms with Gasteiger partial charge in [0.2, 0.25) is 5.91 Å². The maximum atomic E-state index is 11.4. The van der Waals surface area contributed by atoms with E-state index in [1.807, 2.05) is 14.1 Å². The fourth-order valence-electron chi connectivity index (χ4n) is 1.60. The molecule has 0 saturated heterocycles. The third-order valence-corrected chi connectivity index (χ3v) is 2.75. The Morgan fingerprint density at radius 2 is 2.20 bits per heavy atom. The zero-order valence-electron chi connectivity index (χ0n) is 9.83. The van der Waals surface area contributed by atoms with E-state index >= 15 is 0 Å². The van der Waals surface area contributed by atoms with Crippen LogP contribution < -0.4 is 11.1 Å². The van der Waals surface area contributed by atoms with Crippen LogP contribution in [0.1, 0.15) is 25.7 Å². The highest BCUT2D eigenvalue weighted by molar-refractivity contribution is 5.76. The van der Waals surface area contributed by atoms with Crippen molar-refractivity contribution in [2.24, 2.45) is 11.7 Å². The summed E-state index contributed by atoms with van der Waals surface area (Å²) in [6, 6.07) is 0.0823. The van der Waals surface area contributed by atoms with E-state index in [1.54, 1.807) is 0 Å². The fraction of sp³-hybridized carbons (Fsp3) is 0.909. The maximum absolute atomic E-state index is 11.4. The van der Waals surface area contributed by atoms with Crippen LogP contribution in [0.2, 0.25) is 0 Å². The average Bonchev–Trinajstić information content (AvgIpc) is 2.94. The molecule has 0 heterocycles. The molecular formula is C11H23N3O. The van der Waals surface area contributed by atoms with Crippen molar-refractivity contribution >= 4 is 5.91 Å². The minimum absolute atomic E-state index is 0.0823. The number of hydrogen-bond donors (Lipinski definition) is 2. The lowest BCUT2D eigenvalue weighted by Crippen LogP contribution is -2.34. The van der Waals surface area contributed by atoms with Crippen molar-refractivity contribution in [2.45, 2.75) is 31.7 Å². The summed E-state index contributed by atoms with van der Waals surface area (Å²) < 4.78 is 0. The third-order valence-electron chi connectivity index (χ3n) is 2.75. The smallest absolute Gasteiger partial charge is 0.221 e. The molecule has 1 saturated carbocycles. The minimum Gasteiger partial charge on any atom is -0.356 e. The largest absolute Gasteiger partial charge is 0.356 e. The molecule has 1 unspecified atom stereocenters. The molecule has 88 valence electrons. The summed E-state index contributed by atoms with van der Waals surface area (Å²) in [5.41, 5.74) is 5.86. The Morgan fingerprint density at radius 1 is 1.53 bits per heavy atom. The summed E-state index contributed by atoms with van der Waals surface area (Å²) in [6.45, 7) is 1.77. The SMILES string of the molecule is CN(C)CCCNC(=O)CC(N)C1CC1. The van der Waals surface area contributed by atoms with E-state index in [-0.39, 0.29) is 11.9 Å². The van der Waals surface area contributed by atoms with Crippen molar-refractivity contribution in [3.63, 3.8) is 0 Å². The number of amides is 1. The Balaban J connectivity index is 1.97. The van der Waals surface area contributed by atoms with Gasteiger partial charge in [0.05, 0.1) is 0 Å². The molecule has 1 aliphatic carbocycles. The van der Waals surface area contributed by atoms with Gasteiger partial charge in [-0.1, -0.05) is 0 Å². The Bertz CT molecular complexity index is 202. The monoisotopic (exact) mass is 213 g/mol. The second-order valence-corrected chi connectivity index (χ2v) is 4.71. The minimum atomic E-state index is 0.0823. The van der Waals surface area contributed by atoms with Crippen molar-refractivity contribution in [2.75, 3.05) is 27.2 Å². The van der Waals surface area contributed by atoms with Crippen LogP contribution in [0.4, 0.5) is 0 Å². The topological polar surface area (TPSA) is 58.4 Å². The number of nitrogens with two attached hydrogens (primary N) is 1. The molecule has 3 N–H and O–H groups in total. The summed E-state index contributed by atoms with van der Waals surface area (Å²) in [5, 5.41) is 2.91. The quantitative estimate of drug-likeness (QED) is 0.593. The van der Waals surface area contributed by atoms with Gasteiger partial charge in [0.15, 0.2) is 0 Å². The predicted molar refractivity (Wildman–Crippen MR) is 61.5 cm³/mol. The van der Waals surface area contributed by atoms with E-state index in [9.17, 15) is 4.79 Å². The average molecular weight is 213 g/mol. The molecule has 4 nitrogen and oxygen atoms in total. The third kappa shape index (κ3) is 5.74. The van der Waals surface area contributed by atoms with Crippen molar-refractivity contribution in [1.29, 1.82) is 0 Å². The first-order valence-electron chi connectivity index (χ1n) is 5.76. The highest BCUT2D eigenvalue weighted by atomic mass is 16.1. The number of hydrogen-bond acceptors (Lipinski definition) is 3. The first kappa shape index (κ1) is 12.5. The van der Waals surface area contributed by atoms with E-state index in [4.69, 9.17) is 5.73 Å². The van der Waals surface area contributed by atoms with Gasteiger partial charge >= 0.3 is 0 Å². The molecule has 0 aromatic rings. The van der Waals surface area contributed by atoms with Gasteiger partial charge in [-0.2, -0.15) is 0 Å². The van der Waals surface area contributed by atoms with Crippen molar-refractivity contribution in [1.82, 2.24) is 10.2 Å². The van der Waals surface area contributed by atoms with Gasteiger partial charge in [-0.25, -0.2) is 0 Å². The van der Waals surface area contributed by atoms with Crippen molar-refractivity contribution < 1.29 is 4.79 Å². The van der Waals surface area contributed by atoms with Crippen LogP contribution in [-0.4, -0.2) is 44.0 Å². The van der Waals surface area contributed by atoms with Gasteiger partial charge in [0, 0.05) is 19.0 Å². The highest BCUT2D eigenvalue weighted by Crippen LogP contribution is 2.32. The highest BCUT2D eigenvalue weighted by Gasteiger charge is 2.29. The molecule has 0 aromatic carbocycles. The molecule has 0 aromatic heterocycles. The molecule has 4 heteroatoms. The molecule has 1 atom stereocenters. The van der Waals surface area contributed by atoms with Crippen molar-refractivity contribution in [3.05, 3.63) is 0 Å². The molecule has 15 heavy (non-hydrogen) atoms. The van der Waals surface area contributed by atoms with Crippen LogP contribution in [0.25, 0.3) is 0 Å². The first-order chi connectivity index (χ1) is 7.09. The second kappa shape index (κ2) is 6.08.